The van der Waals surface area contributed by atoms with Gasteiger partial charge in [0.05, 0.1) is 0 Å². The second kappa shape index (κ2) is 7.82. The number of hydrogen-bond acceptors (Lipinski definition) is 5. The number of nitrogens with zero attached hydrogens (tertiary/aromatic N) is 1. The van der Waals surface area contributed by atoms with Crippen LogP contribution in [0.5, 0.6) is 0 Å². The van der Waals surface area contributed by atoms with Crippen molar-refractivity contribution in [1.29, 1.82) is 0 Å². The van der Waals surface area contributed by atoms with E-state index in [0.717, 1.165) is 72.7 Å². The van der Waals surface area contributed by atoms with E-state index in [1.807, 2.05) is 12.1 Å². The zero-order valence-electron chi connectivity index (χ0n) is 14.8. The third-order valence-electron chi connectivity index (χ3n) is 5.16. The molecule has 0 atom stereocenters. The van der Waals surface area contributed by atoms with Crippen molar-refractivity contribution in [3.63, 3.8) is 0 Å². The fourth-order valence-electron chi connectivity index (χ4n) is 3.69. The van der Waals surface area contributed by atoms with Gasteiger partial charge in [0, 0.05) is 67.1 Å². The van der Waals surface area contributed by atoms with Gasteiger partial charge in [-0.15, -0.1) is 0 Å². The van der Waals surface area contributed by atoms with E-state index >= 15 is 0 Å². The van der Waals surface area contributed by atoms with Crippen molar-refractivity contribution in [1.82, 2.24) is 20.5 Å². The van der Waals surface area contributed by atoms with Gasteiger partial charge in [0.1, 0.15) is 0 Å². The number of nitrogens with one attached hydrogen (secondary N) is 3. The Hall–Kier alpha value is -1.83. The summed E-state index contributed by atoms with van der Waals surface area (Å²) in [5, 5.41) is 7.36. The average molecular weight is 372 g/mol. The highest BCUT2D eigenvalue weighted by Crippen LogP contribution is 2.28. The second-order valence-corrected chi connectivity index (χ2v) is 7.93. The molecule has 0 aliphatic carbocycles. The number of aromatic amines is 1. The number of hydrogen-bond donors (Lipinski definition) is 3. The van der Waals surface area contributed by atoms with Gasteiger partial charge in [0.2, 0.25) is 0 Å². The summed E-state index contributed by atoms with van der Waals surface area (Å²) in [5.74, 6) is 1.72. The molecule has 1 amide bonds. The topological polar surface area (TPSA) is 77.2 Å². The molecule has 2 aliphatic rings. The zero-order valence-corrected chi connectivity index (χ0v) is 15.6. The van der Waals surface area contributed by atoms with E-state index in [2.05, 4.69) is 20.5 Å². The van der Waals surface area contributed by atoms with Crippen LogP contribution in [0.4, 0.5) is 0 Å². The molecule has 1 saturated heterocycles. The van der Waals surface area contributed by atoms with E-state index in [1.54, 1.807) is 17.8 Å². The highest BCUT2D eigenvalue weighted by Gasteiger charge is 2.18. The van der Waals surface area contributed by atoms with Crippen LogP contribution < -0.4 is 16.2 Å². The summed E-state index contributed by atoms with van der Waals surface area (Å²) in [6.45, 7) is 5.62. The lowest BCUT2D eigenvalue weighted by Crippen LogP contribution is -2.46. The fourth-order valence-corrected chi connectivity index (χ4v) is 4.69. The van der Waals surface area contributed by atoms with Gasteiger partial charge >= 0.3 is 0 Å². The van der Waals surface area contributed by atoms with E-state index in [9.17, 15) is 9.59 Å². The second-order valence-electron chi connectivity index (χ2n) is 6.82. The number of amides is 1. The maximum absolute atomic E-state index is 12.5. The molecule has 0 unspecified atom stereocenters. The van der Waals surface area contributed by atoms with Crippen molar-refractivity contribution in [2.75, 3.05) is 45.0 Å². The van der Waals surface area contributed by atoms with E-state index in [-0.39, 0.29) is 11.5 Å². The summed E-state index contributed by atoms with van der Waals surface area (Å²) in [5.41, 5.74) is 3.46. The molecule has 2 aromatic rings. The molecule has 4 rings (SSSR count). The first-order valence-electron chi connectivity index (χ1n) is 9.19. The number of aryl methyl sites for hydroxylation is 1. The largest absolute Gasteiger partial charge is 0.351 e. The fraction of sp³-hybridized carbons (Fsp3) is 0.474. The Bertz CT molecular complexity index is 874. The monoisotopic (exact) mass is 372 g/mol. The number of carbonyl (C=O) groups is 1. The minimum atomic E-state index is -0.0489. The van der Waals surface area contributed by atoms with Gasteiger partial charge in [0.15, 0.2) is 0 Å². The molecular weight excluding hydrogens is 348 g/mol. The molecule has 1 aromatic heterocycles. The summed E-state index contributed by atoms with van der Waals surface area (Å²) in [6, 6.07) is 5.58. The highest BCUT2D eigenvalue weighted by molar-refractivity contribution is 7.98. The molecule has 1 fully saturated rings. The third-order valence-corrected chi connectivity index (χ3v) is 6.15. The van der Waals surface area contributed by atoms with E-state index in [4.69, 9.17) is 0 Å². The van der Waals surface area contributed by atoms with Crippen LogP contribution in [0, 0.1) is 0 Å². The van der Waals surface area contributed by atoms with Crippen LogP contribution in [0.25, 0.3) is 10.9 Å². The van der Waals surface area contributed by atoms with Crippen LogP contribution in [0.1, 0.15) is 21.5 Å². The summed E-state index contributed by atoms with van der Waals surface area (Å²) in [6.07, 6.45) is 0.883. The van der Waals surface area contributed by atoms with E-state index in [0.29, 0.717) is 12.1 Å². The zero-order chi connectivity index (χ0) is 17.9. The number of aromatic nitrogens is 1. The van der Waals surface area contributed by atoms with Crippen LogP contribution in [0.2, 0.25) is 0 Å². The Kier molecular flexibility index (Phi) is 5.28. The smallest absolute Gasteiger partial charge is 0.252 e. The molecule has 26 heavy (non-hydrogen) atoms. The Morgan fingerprint density at radius 3 is 2.92 bits per heavy atom. The van der Waals surface area contributed by atoms with Gasteiger partial charge in [-0.2, -0.15) is 11.8 Å². The number of fused-ring (bicyclic) bond motifs is 3. The maximum atomic E-state index is 12.5. The number of benzene rings is 1. The Morgan fingerprint density at radius 2 is 2.08 bits per heavy atom. The molecule has 3 heterocycles. The van der Waals surface area contributed by atoms with Gasteiger partial charge in [-0.05, 0) is 35.9 Å². The van der Waals surface area contributed by atoms with Gasteiger partial charge in [0.25, 0.3) is 11.5 Å². The SMILES string of the molecule is O=C(NCCN1CCNCC1)c1ccc2[nH]c(=O)c3c(c2c1)CCSC3. The molecule has 0 radical (unpaired) electrons. The minimum Gasteiger partial charge on any atom is -0.351 e. The standard InChI is InChI=1S/C19H24N4O2S/c24-18(21-6-9-23-7-4-20-5-8-23)13-1-2-17-15(11-13)14-3-10-26-12-16(14)19(25)22-17/h1-2,11,20H,3-10,12H2,(H,21,24)(H,22,25). The van der Waals surface area contributed by atoms with Crippen molar-refractivity contribution in [2.24, 2.45) is 0 Å². The van der Waals surface area contributed by atoms with Crippen molar-refractivity contribution < 1.29 is 4.79 Å². The molecule has 3 N–H and O–H groups in total. The molecule has 2 aliphatic heterocycles. The number of pyridine rings is 1. The molecule has 0 bridgehead atoms. The summed E-state index contributed by atoms with van der Waals surface area (Å²) >= 11 is 1.79. The number of H-pyrrole nitrogens is 1. The van der Waals surface area contributed by atoms with Crippen LogP contribution >= 0.6 is 11.8 Å². The quantitative estimate of drug-likeness (QED) is 0.745. The number of piperazine rings is 1. The Morgan fingerprint density at radius 1 is 1.23 bits per heavy atom. The first kappa shape index (κ1) is 17.6. The highest BCUT2D eigenvalue weighted by atomic mass is 32.2. The first-order chi connectivity index (χ1) is 12.7. The van der Waals surface area contributed by atoms with Gasteiger partial charge in [-0.3, -0.25) is 14.5 Å². The van der Waals surface area contributed by atoms with Gasteiger partial charge in [-0.1, -0.05) is 0 Å². The molecule has 0 saturated carbocycles. The Balaban J connectivity index is 1.50. The lowest BCUT2D eigenvalue weighted by Gasteiger charge is -2.27. The van der Waals surface area contributed by atoms with Crippen LogP contribution in [-0.2, 0) is 12.2 Å². The normalized spacial score (nSPS) is 17.8. The minimum absolute atomic E-state index is 0.00734. The number of carbonyl (C=O) groups excluding carboxylic acids is 1. The lowest BCUT2D eigenvalue weighted by molar-refractivity contribution is 0.0947. The third kappa shape index (κ3) is 3.65. The van der Waals surface area contributed by atoms with Crippen molar-refractivity contribution in [2.45, 2.75) is 12.2 Å². The number of thioether (sulfide) groups is 1. The lowest BCUT2D eigenvalue weighted by atomic mass is 9.99. The van der Waals surface area contributed by atoms with Gasteiger partial charge < -0.3 is 15.6 Å². The molecule has 1 aromatic carbocycles. The predicted molar refractivity (Wildman–Crippen MR) is 106 cm³/mol. The molecule has 7 heteroatoms. The van der Waals surface area contributed by atoms with E-state index < -0.39 is 0 Å². The van der Waals surface area contributed by atoms with Gasteiger partial charge in [-0.25, -0.2) is 0 Å². The van der Waals surface area contributed by atoms with Crippen molar-refractivity contribution in [3.05, 3.63) is 45.2 Å². The molecule has 0 spiro atoms. The summed E-state index contributed by atoms with van der Waals surface area (Å²) in [4.78, 5) is 30.1. The average Bonchev–Trinajstić information content (AvgIpc) is 2.69. The van der Waals surface area contributed by atoms with Crippen LogP contribution in [-0.4, -0.2) is 60.8 Å². The number of rotatable bonds is 4. The molecule has 138 valence electrons. The summed E-state index contributed by atoms with van der Waals surface area (Å²) in [7, 11) is 0. The predicted octanol–water partition coefficient (Wildman–Crippen LogP) is 0.952. The first-order valence-corrected chi connectivity index (χ1v) is 10.3. The molecular formula is C19H24N4O2S. The van der Waals surface area contributed by atoms with Crippen LogP contribution in [0.15, 0.2) is 23.0 Å². The van der Waals surface area contributed by atoms with Crippen molar-refractivity contribution in [3.8, 4) is 0 Å². The Labute approximate surface area is 156 Å². The van der Waals surface area contributed by atoms with Crippen LogP contribution in [0.3, 0.4) is 0 Å². The van der Waals surface area contributed by atoms with Crippen molar-refractivity contribution >= 4 is 28.6 Å². The van der Waals surface area contributed by atoms with E-state index in [1.165, 1.54) is 0 Å². The summed E-state index contributed by atoms with van der Waals surface area (Å²) < 4.78 is 0. The maximum Gasteiger partial charge on any atom is 0.252 e. The molecule has 6 nitrogen and oxygen atoms in total.